The molecule has 0 radical (unpaired) electrons. The fourth-order valence-corrected chi connectivity index (χ4v) is 2.96. The van der Waals surface area contributed by atoms with Gasteiger partial charge in [0.1, 0.15) is 5.82 Å². The van der Waals surface area contributed by atoms with Crippen LogP contribution in [-0.2, 0) is 13.0 Å². The van der Waals surface area contributed by atoms with Gasteiger partial charge >= 0.3 is 0 Å². The summed E-state index contributed by atoms with van der Waals surface area (Å²) in [5.74, 6) is -0.192. The van der Waals surface area contributed by atoms with Crippen LogP contribution in [0.3, 0.4) is 0 Å². The Hall–Kier alpha value is -1.39. The Morgan fingerprint density at radius 2 is 2.10 bits per heavy atom. The van der Waals surface area contributed by atoms with Gasteiger partial charge in [0.25, 0.3) is 0 Å². The second-order valence-corrected chi connectivity index (χ2v) is 6.19. The molecule has 2 N–H and O–H groups in total. The Balaban J connectivity index is 2.28. The molecule has 1 aromatic heterocycles. The average molecular weight is 292 g/mol. The summed E-state index contributed by atoms with van der Waals surface area (Å²) in [4.78, 5) is 3.50. The molecule has 2 nitrogen and oxygen atoms in total. The standard InChI is InChI=1S/C16H21FN2S/c1-12(2)19(11-16-4-3-7-20-16)15-9-13(5-6-18)8-14(17)10-15/h3-4,7-10,12H,5-6,11,18H2,1-2H3. The van der Waals surface area contributed by atoms with Crippen LogP contribution in [0.25, 0.3) is 0 Å². The van der Waals surface area contributed by atoms with Crippen molar-refractivity contribution in [3.8, 4) is 0 Å². The van der Waals surface area contributed by atoms with E-state index >= 15 is 0 Å². The fraction of sp³-hybridized carbons (Fsp3) is 0.375. The highest BCUT2D eigenvalue weighted by molar-refractivity contribution is 7.09. The first-order valence-corrected chi connectivity index (χ1v) is 7.76. The number of hydrogen-bond acceptors (Lipinski definition) is 3. The molecule has 2 rings (SSSR count). The topological polar surface area (TPSA) is 29.3 Å². The Kier molecular flexibility index (Phi) is 5.15. The molecule has 0 aliphatic rings. The zero-order valence-electron chi connectivity index (χ0n) is 12.0. The van der Waals surface area contributed by atoms with E-state index in [4.69, 9.17) is 5.73 Å². The first-order chi connectivity index (χ1) is 9.60. The Morgan fingerprint density at radius 3 is 2.70 bits per heavy atom. The molecule has 1 heterocycles. The van der Waals surface area contributed by atoms with Crippen molar-refractivity contribution < 1.29 is 4.39 Å². The van der Waals surface area contributed by atoms with Crippen LogP contribution in [0, 0.1) is 5.82 Å². The number of benzene rings is 1. The van der Waals surface area contributed by atoms with Gasteiger partial charge < -0.3 is 10.6 Å². The average Bonchev–Trinajstić information content (AvgIpc) is 2.88. The summed E-state index contributed by atoms with van der Waals surface area (Å²) in [7, 11) is 0. The molecule has 0 amide bonds. The predicted molar refractivity (Wildman–Crippen MR) is 84.8 cm³/mol. The minimum absolute atomic E-state index is 0.192. The molecule has 0 atom stereocenters. The molecule has 108 valence electrons. The smallest absolute Gasteiger partial charge is 0.125 e. The van der Waals surface area contributed by atoms with Crippen molar-refractivity contribution in [2.24, 2.45) is 5.73 Å². The lowest BCUT2D eigenvalue weighted by atomic mass is 10.1. The molecule has 0 spiro atoms. The maximum absolute atomic E-state index is 13.8. The molecule has 4 heteroatoms. The number of halogens is 1. The molecule has 0 aliphatic carbocycles. The van der Waals surface area contributed by atoms with Crippen molar-refractivity contribution in [2.75, 3.05) is 11.4 Å². The highest BCUT2D eigenvalue weighted by Gasteiger charge is 2.13. The summed E-state index contributed by atoms with van der Waals surface area (Å²) < 4.78 is 13.8. The van der Waals surface area contributed by atoms with E-state index in [9.17, 15) is 4.39 Å². The lowest BCUT2D eigenvalue weighted by molar-refractivity contribution is 0.620. The maximum atomic E-state index is 13.8. The van der Waals surface area contributed by atoms with E-state index in [1.807, 2.05) is 12.1 Å². The summed E-state index contributed by atoms with van der Waals surface area (Å²) in [5, 5.41) is 2.07. The summed E-state index contributed by atoms with van der Waals surface area (Å²) in [6.07, 6.45) is 0.704. The molecule has 0 saturated heterocycles. The van der Waals surface area contributed by atoms with Gasteiger partial charge in [-0.05, 0) is 62.0 Å². The monoisotopic (exact) mass is 292 g/mol. The third kappa shape index (κ3) is 3.81. The van der Waals surface area contributed by atoms with Gasteiger partial charge in [0.15, 0.2) is 0 Å². The van der Waals surface area contributed by atoms with Crippen LogP contribution in [-0.4, -0.2) is 12.6 Å². The van der Waals surface area contributed by atoms with Crippen LogP contribution in [0.2, 0.25) is 0 Å². The van der Waals surface area contributed by atoms with E-state index in [2.05, 4.69) is 30.2 Å². The second-order valence-electron chi connectivity index (χ2n) is 5.16. The summed E-state index contributed by atoms with van der Waals surface area (Å²) in [6.45, 7) is 5.60. The Morgan fingerprint density at radius 1 is 1.30 bits per heavy atom. The second kappa shape index (κ2) is 6.86. The zero-order chi connectivity index (χ0) is 14.5. The van der Waals surface area contributed by atoms with Gasteiger partial charge in [-0.15, -0.1) is 11.3 Å². The summed E-state index contributed by atoms with van der Waals surface area (Å²) >= 11 is 1.73. The number of nitrogens with two attached hydrogens (primary N) is 1. The quantitative estimate of drug-likeness (QED) is 0.877. The number of nitrogens with zero attached hydrogens (tertiary/aromatic N) is 1. The van der Waals surface area contributed by atoms with E-state index in [0.29, 0.717) is 19.0 Å². The first kappa shape index (κ1) is 15.0. The Bertz CT molecular complexity index is 537. The SMILES string of the molecule is CC(C)N(Cc1cccs1)c1cc(F)cc(CCN)c1. The number of rotatable bonds is 6. The fourth-order valence-electron chi connectivity index (χ4n) is 2.25. The first-order valence-electron chi connectivity index (χ1n) is 6.88. The van der Waals surface area contributed by atoms with Crippen LogP contribution in [0.1, 0.15) is 24.3 Å². The predicted octanol–water partition coefficient (Wildman–Crippen LogP) is 3.80. The van der Waals surface area contributed by atoms with Crippen LogP contribution in [0.4, 0.5) is 10.1 Å². The van der Waals surface area contributed by atoms with Gasteiger partial charge in [0.05, 0.1) is 6.54 Å². The molecule has 0 unspecified atom stereocenters. The van der Waals surface area contributed by atoms with E-state index in [1.165, 1.54) is 4.88 Å². The van der Waals surface area contributed by atoms with Gasteiger partial charge in [-0.2, -0.15) is 0 Å². The van der Waals surface area contributed by atoms with Gasteiger partial charge in [-0.25, -0.2) is 4.39 Å². The molecule has 2 aromatic rings. The van der Waals surface area contributed by atoms with Crippen molar-refractivity contribution in [3.63, 3.8) is 0 Å². The minimum atomic E-state index is -0.192. The maximum Gasteiger partial charge on any atom is 0.125 e. The molecule has 20 heavy (non-hydrogen) atoms. The van der Waals surface area contributed by atoms with Crippen molar-refractivity contribution >= 4 is 17.0 Å². The van der Waals surface area contributed by atoms with Crippen molar-refractivity contribution in [2.45, 2.75) is 32.9 Å². The zero-order valence-corrected chi connectivity index (χ0v) is 12.8. The van der Waals surface area contributed by atoms with Gasteiger partial charge in [-0.3, -0.25) is 0 Å². The van der Waals surface area contributed by atoms with Crippen LogP contribution in [0.5, 0.6) is 0 Å². The molecule has 0 fully saturated rings. The molecule has 1 aromatic carbocycles. The molecular weight excluding hydrogens is 271 g/mol. The van der Waals surface area contributed by atoms with Crippen LogP contribution < -0.4 is 10.6 Å². The third-order valence-electron chi connectivity index (χ3n) is 3.24. The lowest BCUT2D eigenvalue weighted by Gasteiger charge is -2.29. The summed E-state index contributed by atoms with van der Waals surface area (Å²) in [5.41, 5.74) is 7.46. The summed E-state index contributed by atoms with van der Waals surface area (Å²) in [6, 6.07) is 9.69. The van der Waals surface area contributed by atoms with Crippen molar-refractivity contribution in [1.82, 2.24) is 0 Å². The Labute approximate surface area is 124 Å². The van der Waals surface area contributed by atoms with Crippen LogP contribution >= 0.6 is 11.3 Å². The number of hydrogen-bond donors (Lipinski definition) is 1. The molecular formula is C16H21FN2S. The largest absolute Gasteiger partial charge is 0.364 e. The van der Waals surface area contributed by atoms with Crippen molar-refractivity contribution in [3.05, 3.63) is 52.0 Å². The van der Waals surface area contributed by atoms with E-state index in [-0.39, 0.29) is 5.82 Å². The van der Waals surface area contributed by atoms with Gasteiger partial charge in [0.2, 0.25) is 0 Å². The van der Waals surface area contributed by atoms with Gasteiger partial charge in [0, 0.05) is 16.6 Å². The molecule has 0 bridgehead atoms. The van der Waals surface area contributed by atoms with Crippen LogP contribution in [0.15, 0.2) is 35.7 Å². The highest BCUT2D eigenvalue weighted by atomic mass is 32.1. The van der Waals surface area contributed by atoms with Crippen molar-refractivity contribution in [1.29, 1.82) is 0 Å². The normalized spacial score (nSPS) is 11.1. The third-order valence-corrected chi connectivity index (χ3v) is 4.10. The number of anilines is 1. The molecule has 0 aliphatic heterocycles. The minimum Gasteiger partial charge on any atom is -0.364 e. The van der Waals surface area contributed by atoms with E-state index < -0.39 is 0 Å². The van der Waals surface area contributed by atoms with Gasteiger partial charge in [-0.1, -0.05) is 6.07 Å². The highest BCUT2D eigenvalue weighted by Crippen LogP contribution is 2.24. The number of thiophene rings is 1. The van der Waals surface area contributed by atoms with E-state index in [1.54, 1.807) is 23.5 Å². The molecule has 0 saturated carbocycles. The van der Waals surface area contributed by atoms with E-state index in [0.717, 1.165) is 17.8 Å². The lowest BCUT2D eigenvalue weighted by Crippen LogP contribution is -2.30.